The molecule has 1 heterocycles. The van der Waals surface area contributed by atoms with Crippen molar-refractivity contribution >= 4 is 34.3 Å². The molecule has 3 rings (SSSR count). The van der Waals surface area contributed by atoms with Gasteiger partial charge in [0.1, 0.15) is 17.6 Å². The first-order chi connectivity index (χ1) is 14.4. The highest BCUT2D eigenvalue weighted by Crippen LogP contribution is 2.31. The van der Waals surface area contributed by atoms with Crippen LogP contribution in [0.1, 0.15) is 20.8 Å². The van der Waals surface area contributed by atoms with Gasteiger partial charge in [-0.2, -0.15) is 4.98 Å². The zero-order valence-electron chi connectivity index (χ0n) is 18.0. The minimum Gasteiger partial charge on any atom is -0.497 e. The normalized spacial score (nSPS) is 11.9. The van der Waals surface area contributed by atoms with E-state index in [0.717, 1.165) is 28.2 Å². The molecule has 1 aromatic heterocycles. The van der Waals surface area contributed by atoms with Crippen LogP contribution < -0.4 is 15.0 Å². The summed E-state index contributed by atoms with van der Waals surface area (Å²) >= 11 is 0. The van der Waals surface area contributed by atoms with Gasteiger partial charge in [-0.1, -0.05) is 26.0 Å². The molecule has 0 amide bonds. The smallest absolute Gasteiger partial charge is 0.328 e. The Balaban J connectivity index is 2.02. The van der Waals surface area contributed by atoms with E-state index in [2.05, 4.69) is 10.3 Å². The van der Waals surface area contributed by atoms with Gasteiger partial charge in [0.2, 0.25) is 5.95 Å². The fourth-order valence-electron chi connectivity index (χ4n) is 3.18. The highest BCUT2D eigenvalue weighted by atomic mass is 16.5. The van der Waals surface area contributed by atoms with E-state index in [1.54, 1.807) is 14.0 Å². The summed E-state index contributed by atoms with van der Waals surface area (Å²) in [7, 11) is 3.59. The molecule has 1 N–H and O–H groups in total. The van der Waals surface area contributed by atoms with Gasteiger partial charge in [-0.15, -0.1) is 0 Å². The van der Waals surface area contributed by atoms with Gasteiger partial charge in [0.15, 0.2) is 0 Å². The molecule has 0 spiro atoms. The molecule has 0 bridgehead atoms. The molecule has 1 atom stereocenters. The summed E-state index contributed by atoms with van der Waals surface area (Å²) in [5, 5.41) is 4.09. The largest absolute Gasteiger partial charge is 0.497 e. The molecule has 7 nitrogen and oxygen atoms in total. The van der Waals surface area contributed by atoms with Crippen molar-refractivity contribution in [2.45, 2.75) is 26.8 Å². The third kappa shape index (κ3) is 4.62. The van der Waals surface area contributed by atoms with Crippen LogP contribution in [0.15, 0.2) is 48.5 Å². The van der Waals surface area contributed by atoms with E-state index in [4.69, 9.17) is 14.5 Å². The van der Waals surface area contributed by atoms with Crippen LogP contribution in [0.4, 0.5) is 17.5 Å². The summed E-state index contributed by atoms with van der Waals surface area (Å²) in [5.74, 6) is 1.61. The molecule has 0 aliphatic rings. The molecule has 3 aromatic rings. The van der Waals surface area contributed by atoms with E-state index >= 15 is 0 Å². The number of ether oxygens (including phenoxy) is 2. The Morgan fingerprint density at radius 1 is 1.10 bits per heavy atom. The summed E-state index contributed by atoms with van der Waals surface area (Å²) in [5.41, 5.74) is 1.74. The molecule has 158 valence electrons. The molecule has 0 saturated heterocycles. The molecule has 1 unspecified atom stereocenters. The summed E-state index contributed by atoms with van der Waals surface area (Å²) in [6, 6.07) is 15.0. The zero-order valence-corrected chi connectivity index (χ0v) is 18.0. The average molecular weight is 409 g/mol. The number of nitrogens with one attached hydrogen (secondary N) is 1. The molecule has 0 fully saturated rings. The van der Waals surface area contributed by atoms with Crippen molar-refractivity contribution in [3.8, 4) is 5.75 Å². The third-order valence-corrected chi connectivity index (χ3v) is 4.85. The number of aromatic nitrogens is 2. The minimum atomic E-state index is -0.537. The number of methoxy groups -OCH3 is 1. The second-order valence-electron chi connectivity index (χ2n) is 7.26. The lowest BCUT2D eigenvalue weighted by molar-refractivity contribution is -0.145. The van der Waals surface area contributed by atoms with E-state index in [1.165, 1.54) is 0 Å². The van der Waals surface area contributed by atoms with Gasteiger partial charge in [-0.3, -0.25) is 0 Å². The van der Waals surface area contributed by atoms with Crippen LogP contribution in [-0.2, 0) is 9.53 Å². The van der Waals surface area contributed by atoms with Gasteiger partial charge in [-0.25, -0.2) is 9.78 Å². The highest BCUT2D eigenvalue weighted by molar-refractivity contribution is 5.92. The maximum absolute atomic E-state index is 12.4. The third-order valence-electron chi connectivity index (χ3n) is 4.85. The fraction of sp³-hybridized carbons (Fsp3) is 0.348. The maximum atomic E-state index is 12.4. The SMILES string of the molecule is CCOC(=O)C(Nc1nc(N(C)c2ccc(OC)cc2)c2ccccc2n1)C(C)C. The van der Waals surface area contributed by atoms with Crippen molar-refractivity contribution in [1.29, 1.82) is 0 Å². The van der Waals surface area contributed by atoms with Crippen molar-refractivity contribution in [2.24, 2.45) is 5.92 Å². The fourth-order valence-corrected chi connectivity index (χ4v) is 3.18. The molecular weight excluding hydrogens is 380 g/mol. The lowest BCUT2D eigenvalue weighted by Gasteiger charge is -2.24. The minimum absolute atomic E-state index is 0.0156. The zero-order chi connectivity index (χ0) is 21.7. The van der Waals surface area contributed by atoms with Crippen LogP contribution in [-0.4, -0.2) is 42.7 Å². The standard InChI is InChI=1S/C23H28N4O3/c1-6-30-22(28)20(15(2)3)25-23-24-19-10-8-7-9-18(19)21(26-23)27(4)16-11-13-17(29-5)14-12-16/h7-15,20H,6H2,1-5H3,(H,24,25,26). The first kappa shape index (κ1) is 21.4. The Hall–Kier alpha value is -3.35. The lowest BCUT2D eigenvalue weighted by atomic mass is 10.1. The topological polar surface area (TPSA) is 76.6 Å². The molecule has 0 radical (unpaired) electrons. The number of nitrogens with zero attached hydrogens (tertiary/aromatic N) is 3. The molecule has 2 aromatic carbocycles. The Labute approximate surface area is 177 Å². The molecule has 0 aliphatic heterocycles. The number of carbonyl (C=O) groups is 1. The first-order valence-corrected chi connectivity index (χ1v) is 10.0. The van der Waals surface area contributed by atoms with E-state index in [0.29, 0.717) is 12.6 Å². The van der Waals surface area contributed by atoms with Gasteiger partial charge in [0.25, 0.3) is 0 Å². The van der Waals surface area contributed by atoms with Gasteiger partial charge in [0, 0.05) is 18.1 Å². The van der Waals surface area contributed by atoms with Crippen LogP contribution in [0.3, 0.4) is 0 Å². The van der Waals surface area contributed by atoms with Crippen molar-refractivity contribution in [3.63, 3.8) is 0 Å². The quantitative estimate of drug-likeness (QED) is 0.553. The Bertz CT molecular complexity index is 1010. The predicted molar refractivity (Wildman–Crippen MR) is 119 cm³/mol. The number of carbonyl (C=O) groups excluding carboxylic acids is 1. The predicted octanol–water partition coefficient (Wildman–Crippen LogP) is 4.41. The molecule has 0 aliphatic carbocycles. The number of fused-ring (bicyclic) bond motifs is 1. The van der Waals surface area contributed by atoms with E-state index in [9.17, 15) is 4.79 Å². The van der Waals surface area contributed by atoms with Crippen molar-refractivity contribution in [1.82, 2.24) is 9.97 Å². The summed E-state index contributed by atoms with van der Waals surface area (Å²) in [4.78, 5) is 23.8. The van der Waals surface area contributed by atoms with Gasteiger partial charge >= 0.3 is 5.97 Å². The molecule has 30 heavy (non-hydrogen) atoms. The number of hydrogen-bond acceptors (Lipinski definition) is 7. The first-order valence-electron chi connectivity index (χ1n) is 10.0. The van der Waals surface area contributed by atoms with Crippen molar-refractivity contribution < 1.29 is 14.3 Å². The second kappa shape index (κ2) is 9.43. The van der Waals surface area contributed by atoms with Crippen LogP contribution in [0, 0.1) is 5.92 Å². The Morgan fingerprint density at radius 2 is 1.80 bits per heavy atom. The highest BCUT2D eigenvalue weighted by Gasteiger charge is 2.25. The summed E-state index contributed by atoms with van der Waals surface area (Å²) < 4.78 is 10.5. The number of esters is 1. The number of anilines is 3. The van der Waals surface area contributed by atoms with Crippen LogP contribution in [0.25, 0.3) is 10.9 Å². The number of benzene rings is 2. The average Bonchev–Trinajstić information content (AvgIpc) is 2.76. The van der Waals surface area contributed by atoms with Gasteiger partial charge in [0.05, 0.1) is 19.2 Å². The van der Waals surface area contributed by atoms with Crippen molar-refractivity contribution in [2.75, 3.05) is 31.0 Å². The van der Waals surface area contributed by atoms with Crippen LogP contribution in [0.5, 0.6) is 5.75 Å². The van der Waals surface area contributed by atoms with E-state index < -0.39 is 6.04 Å². The van der Waals surface area contributed by atoms with E-state index in [-0.39, 0.29) is 11.9 Å². The van der Waals surface area contributed by atoms with Crippen molar-refractivity contribution in [3.05, 3.63) is 48.5 Å². The second-order valence-corrected chi connectivity index (χ2v) is 7.26. The number of para-hydroxylation sites is 1. The van der Waals surface area contributed by atoms with E-state index in [1.807, 2.05) is 74.3 Å². The molecular formula is C23H28N4O3. The maximum Gasteiger partial charge on any atom is 0.328 e. The lowest BCUT2D eigenvalue weighted by Crippen LogP contribution is -2.36. The number of hydrogen-bond donors (Lipinski definition) is 1. The molecule has 0 saturated carbocycles. The Morgan fingerprint density at radius 3 is 2.43 bits per heavy atom. The van der Waals surface area contributed by atoms with Crippen LogP contribution in [0.2, 0.25) is 0 Å². The van der Waals surface area contributed by atoms with Gasteiger partial charge in [-0.05, 0) is 49.2 Å². The summed E-state index contributed by atoms with van der Waals surface area (Å²) in [6.45, 7) is 6.04. The monoisotopic (exact) mass is 408 g/mol. The van der Waals surface area contributed by atoms with Crippen LogP contribution >= 0.6 is 0 Å². The summed E-state index contributed by atoms with van der Waals surface area (Å²) in [6.07, 6.45) is 0. The molecule has 7 heteroatoms. The van der Waals surface area contributed by atoms with Gasteiger partial charge < -0.3 is 19.7 Å². The number of rotatable bonds is 8. The Kier molecular flexibility index (Phi) is 6.72.